The predicted molar refractivity (Wildman–Crippen MR) is 327 cm³/mol. The molecule has 0 aliphatic rings. The van der Waals surface area contributed by atoms with E-state index in [1.165, 1.54) is 0 Å². The van der Waals surface area contributed by atoms with Crippen molar-refractivity contribution >= 4 is 23.9 Å². The van der Waals surface area contributed by atoms with E-state index in [0.717, 1.165) is 205 Å². The summed E-state index contributed by atoms with van der Waals surface area (Å²) in [7, 11) is 0. The SMILES string of the molecule is CCCCC(CC)CC(CC)(CCCC)C(=O)OCC(COC(=O)C(CC)(CCCC)CC(CC)CCCC)(COC(=O)C(CC)(CCCC)CC(CC)CCCC)COC(=O)C(CC)(CCCC)CC(CC)CCCC. The second-order valence-corrected chi connectivity index (χ2v) is 25.2. The van der Waals surface area contributed by atoms with E-state index in [0.29, 0.717) is 49.4 Å². The van der Waals surface area contributed by atoms with E-state index in [1.807, 2.05) is 0 Å². The molecule has 0 fully saturated rings. The Kier molecular flexibility index (Phi) is 41.5. The van der Waals surface area contributed by atoms with Crippen molar-refractivity contribution in [2.75, 3.05) is 26.4 Å². The molecule has 0 aromatic rings. The summed E-state index contributed by atoms with van der Waals surface area (Å²) < 4.78 is 27.2. The Morgan fingerprint density at radius 2 is 0.468 bits per heavy atom. The number of carbonyl (C=O) groups is 4. The molecule has 0 bridgehead atoms. The average Bonchev–Trinajstić information content (AvgIpc) is 3.46. The first-order chi connectivity index (χ1) is 37.0. The molecule has 0 aliphatic carbocycles. The number of rotatable bonds is 52. The van der Waals surface area contributed by atoms with Gasteiger partial charge in [-0.25, -0.2) is 0 Å². The van der Waals surface area contributed by atoms with Crippen molar-refractivity contribution in [1.29, 1.82) is 0 Å². The fourth-order valence-electron chi connectivity index (χ4n) is 12.8. The molecule has 0 aromatic heterocycles. The quantitative estimate of drug-likeness (QED) is 0.0438. The van der Waals surface area contributed by atoms with Gasteiger partial charge in [-0.2, -0.15) is 0 Å². The Hall–Kier alpha value is -2.12. The summed E-state index contributed by atoms with van der Waals surface area (Å²) in [6.45, 7) is 34.3. The van der Waals surface area contributed by atoms with Crippen molar-refractivity contribution in [2.45, 2.75) is 342 Å². The van der Waals surface area contributed by atoms with E-state index < -0.39 is 27.1 Å². The minimum atomic E-state index is -1.36. The second-order valence-electron chi connectivity index (χ2n) is 25.2. The number of carbonyl (C=O) groups excluding carboxylic acids is 4. The van der Waals surface area contributed by atoms with Crippen molar-refractivity contribution in [3.05, 3.63) is 0 Å². The minimum Gasteiger partial charge on any atom is -0.464 e. The Labute approximate surface area is 479 Å². The highest BCUT2D eigenvalue weighted by molar-refractivity contribution is 5.79. The van der Waals surface area contributed by atoms with Crippen LogP contribution in [0.1, 0.15) is 342 Å². The molecule has 0 amide bonds. The third kappa shape index (κ3) is 25.7. The van der Waals surface area contributed by atoms with Crippen molar-refractivity contribution < 1.29 is 38.1 Å². The van der Waals surface area contributed by atoms with Crippen molar-refractivity contribution in [3.8, 4) is 0 Å². The first-order valence-electron chi connectivity index (χ1n) is 33.7. The van der Waals surface area contributed by atoms with E-state index in [4.69, 9.17) is 18.9 Å². The van der Waals surface area contributed by atoms with Crippen molar-refractivity contribution in [1.82, 2.24) is 0 Å². The van der Waals surface area contributed by atoms with Gasteiger partial charge in [-0.15, -0.1) is 0 Å². The smallest absolute Gasteiger partial charge is 0.312 e. The second kappa shape index (κ2) is 42.7. The van der Waals surface area contributed by atoms with Gasteiger partial charge in [0.1, 0.15) is 31.8 Å². The Bertz CT molecular complexity index is 1290. The highest BCUT2D eigenvalue weighted by atomic mass is 16.6. The molecule has 456 valence electrons. The van der Waals surface area contributed by atoms with E-state index in [9.17, 15) is 0 Å². The molecule has 0 saturated carbocycles. The monoisotopic (exact) mass is 1090 g/mol. The normalized spacial score (nSPS) is 17.4. The average molecular weight is 1090 g/mol. The van der Waals surface area contributed by atoms with Gasteiger partial charge in [-0.3, -0.25) is 19.2 Å². The van der Waals surface area contributed by atoms with Gasteiger partial charge in [0.15, 0.2) is 0 Å². The zero-order valence-corrected chi connectivity index (χ0v) is 54.4. The lowest BCUT2D eigenvalue weighted by atomic mass is 9.71. The standard InChI is InChI=1S/C69H132O8/c1-17-33-41-57(25-9)49-66(29-13,45-37-21-5)61(70)74-53-65(54-75-62(71)67(30-14,46-38-22-6)50-58(26-10)42-34-18-2,55-76-63(72)68(31-15,47-39-23-7)51-59(27-11)43-35-19-3)56-77-64(73)69(32-16,48-40-24-8)52-60(28-12)44-36-20-4/h57-60H,17-56H2,1-16H3. The third-order valence-corrected chi connectivity index (χ3v) is 19.4. The third-order valence-electron chi connectivity index (χ3n) is 19.4. The summed E-state index contributed by atoms with van der Waals surface area (Å²) in [6.07, 6.45) is 33.1. The summed E-state index contributed by atoms with van der Waals surface area (Å²) in [5, 5.41) is 0. The Morgan fingerprint density at radius 3 is 0.610 bits per heavy atom. The molecule has 0 saturated heterocycles. The largest absolute Gasteiger partial charge is 0.464 e. The number of hydrogen-bond donors (Lipinski definition) is 0. The molecule has 0 aromatic carbocycles. The molecule has 0 heterocycles. The van der Waals surface area contributed by atoms with Crippen LogP contribution in [0.4, 0.5) is 0 Å². The minimum absolute atomic E-state index is 0.203. The number of hydrogen-bond acceptors (Lipinski definition) is 8. The van der Waals surface area contributed by atoms with Crippen LogP contribution >= 0.6 is 0 Å². The van der Waals surface area contributed by atoms with Crippen LogP contribution in [0.5, 0.6) is 0 Å². The van der Waals surface area contributed by atoms with Crippen molar-refractivity contribution in [2.24, 2.45) is 50.7 Å². The maximum Gasteiger partial charge on any atom is 0.312 e. The fourth-order valence-corrected chi connectivity index (χ4v) is 12.8. The van der Waals surface area contributed by atoms with Crippen LogP contribution in [-0.2, 0) is 38.1 Å². The van der Waals surface area contributed by atoms with E-state index >= 15 is 19.2 Å². The molecular weight excluding hydrogens is 957 g/mol. The van der Waals surface area contributed by atoms with E-state index in [-0.39, 0.29) is 50.3 Å². The van der Waals surface area contributed by atoms with Gasteiger partial charge in [0, 0.05) is 0 Å². The molecule has 0 radical (unpaired) electrons. The summed E-state index contributed by atoms with van der Waals surface area (Å²) >= 11 is 0. The maximum absolute atomic E-state index is 15.3. The number of esters is 4. The van der Waals surface area contributed by atoms with Crippen LogP contribution in [0.15, 0.2) is 0 Å². The van der Waals surface area contributed by atoms with Crippen LogP contribution in [-0.4, -0.2) is 50.3 Å². The molecular formula is C69H132O8. The highest BCUT2D eigenvalue weighted by Gasteiger charge is 2.48. The maximum atomic E-state index is 15.3. The van der Waals surface area contributed by atoms with Crippen LogP contribution < -0.4 is 0 Å². The molecule has 8 atom stereocenters. The van der Waals surface area contributed by atoms with Gasteiger partial charge in [0.05, 0.1) is 21.7 Å². The molecule has 77 heavy (non-hydrogen) atoms. The van der Waals surface area contributed by atoms with Crippen molar-refractivity contribution in [3.63, 3.8) is 0 Å². The Morgan fingerprint density at radius 1 is 0.286 bits per heavy atom. The lowest BCUT2D eigenvalue weighted by Gasteiger charge is -2.40. The van der Waals surface area contributed by atoms with Gasteiger partial charge < -0.3 is 18.9 Å². The molecule has 0 aliphatic heterocycles. The molecule has 0 N–H and O–H groups in total. The Balaban J connectivity index is 8.45. The van der Waals surface area contributed by atoms with Gasteiger partial charge >= 0.3 is 23.9 Å². The van der Waals surface area contributed by atoms with E-state index in [2.05, 4.69) is 111 Å². The summed E-state index contributed by atoms with van der Waals surface area (Å²) in [5.41, 5.74) is -4.19. The number of unbranched alkanes of at least 4 members (excludes halogenated alkanes) is 8. The predicted octanol–water partition coefficient (Wildman–Crippen LogP) is 20.9. The first kappa shape index (κ1) is 74.9. The number of ether oxygens (including phenoxy) is 4. The lowest BCUT2D eigenvalue weighted by Crippen LogP contribution is -2.48. The van der Waals surface area contributed by atoms with Crippen LogP contribution in [0, 0.1) is 50.7 Å². The molecule has 0 spiro atoms. The van der Waals surface area contributed by atoms with Gasteiger partial charge in [0.25, 0.3) is 0 Å². The lowest BCUT2D eigenvalue weighted by molar-refractivity contribution is -0.186. The zero-order valence-electron chi connectivity index (χ0n) is 54.4. The molecule has 8 nitrogen and oxygen atoms in total. The molecule has 8 unspecified atom stereocenters. The topological polar surface area (TPSA) is 105 Å². The summed E-state index contributed by atoms with van der Waals surface area (Å²) in [5.74, 6) is 0.537. The zero-order chi connectivity index (χ0) is 58.2. The van der Waals surface area contributed by atoms with E-state index in [1.54, 1.807) is 0 Å². The molecule has 8 heteroatoms. The molecule has 0 rings (SSSR count). The van der Waals surface area contributed by atoms with Crippen LogP contribution in [0.3, 0.4) is 0 Å². The first-order valence-corrected chi connectivity index (χ1v) is 33.7. The summed E-state index contributed by atoms with van der Waals surface area (Å²) in [4.78, 5) is 61.3. The highest BCUT2D eigenvalue weighted by Crippen LogP contribution is 2.45. The van der Waals surface area contributed by atoms with Crippen LogP contribution in [0.25, 0.3) is 0 Å². The van der Waals surface area contributed by atoms with Gasteiger partial charge in [-0.05, 0) is 101 Å². The van der Waals surface area contributed by atoms with Gasteiger partial charge in [-0.1, -0.05) is 265 Å². The summed E-state index contributed by atoms with van der Waals surface area (Å²) in [6, 6.07) is 0. The fraction of sp³-hybridized carbons (Fsp3) is 0.942. The van der Waals surface area contributed by atoms with Crippen LogP contribution in [0.2, 0.25) is 0 Å². The van der Waals surface area contributed by atoms with Gasteiger partial charge in [0.2, 0.25) is 0 Å².